The zero-order valence-electron chi connectivity index (χ0n) is 11.6. The summed E-state index contributed by atoms with van der Waals surface area (Å²) in [6, 6.07) is 0. The van der Waals surface area contributed by atoms with E-state index in [2.05, 4.69) is 15.1 Å². The predicted octanol–water partition coefficient (Wildman–Crippen LogP) is 2.75. The van der Waals surface area contributed by atoms with E-state index in [1.165, 1.54) is 11.3 Å². The molecule has 6 nitrogen and oxygen atoms in total. The number of nitrogens with zero attached hydrogens (tertiary/aromatic N) is 3. The van der Waals surface area contributed by atoms with Crippen molar-refractivity contribution >= 4 is 16.5 Å². The van der Waals surface area contributed by atoms with Crippen LogP contribution in [0.25, 0.3) is 10.8 Å². The van der Waals surface area contributed by atoms with Crippen molar-refractivity contribution < 1.29 is 9.26 Å². The fourth-order valence-electron chi connectivity index (χ4n) is 2.06. The minimum atomic E-state index is -0.494. The normalized spacial score (nSPS) is 12.0. The van der Waals surface area contributed by atoms with E-state index >= 15 is 0 Å². The molecule has 0 radical (unpaired) electrons. The summed E-state index contributed by atoms with van der Waals surface area (Å²) in [5, 5.41) is 4.55. The van der Waals surface area contributed by atoms with Crippen molar-refractivity contribution in [3.63, 3.8) is 0 Å². The minimum absolute atomic E-state index is 0.449. The molecule has 0 fully saturated rings. The fourth-order valence-corrected chi connectivity index (χ4v) is 2.82. The maximum Gasteiger partial charge on any atom is 0.270 e. The first-order valence-corrected chi connectivity index (χ1v) is 7.00. The zero-order chi connectivity index (χ0) is 14.0. The Morgan fingerprint density at radius 1 is 1.32 bits per heavy atom. The Bertz CT molecular complexity index is 552. The zero-order valence-corrected chi connectivity index (χ0v) is 12.4. The van der Waals surface area contributed by atoms with E-state index < -0.39 is 5.60 Å². The van der Waals surface area contributed by atoms with Crippen LogP contribution in [0.3, 0.4) is 0 Å². The lowest BCUT2D eigenvalue weighted by Gasteiger charge is -2.25. The van der Waals surface area contributed by atoms with Gasteiger partial charge in [-0.25, -0.2) is 4.98 Å². The van der Waals surface area contributed by atoms with E-state index in [-0.39, 0.29) is 0 Å². The molecule has 0 unspecified atom stereocenters. The van der Waals surface area contributed by atoms with Gasteiger partial charge in [0.1, 0.15) is 10.5 Å². The molecule has 0 aliphatic heterocycles. The van der Waals surface area contributed by atoms with E-state index in [0.717, 1.165) is 23.4 Å². The van der Waals surface area contributed by atoms with E-state index in [4.69, 9.17) is 15.0 Å². The van der Waals surface area contributed by atoms with Gasteiger partial charge < -0.3 is 15.0 Å². The highest BCUT2D eigenvalue weighted by molar-refractivity contribution is 7.18. The molecule has 0 aliphatic carbocycles. The van der Waals surface area contributed by atoms with E-state index in [9.17, 15) is 0 Å². The van der Waals surface area contributed by atoms with Crippen LogP contribution in [-0.2, 0) is 10.3 Å². The third kappa shape index (κ3) is 2.35. The quantitative estimate of drug-likeness (QED) is 0.907. The molecule has 0 saturated heterocycles. The van der Waals surface area contributed by atoms with Crippen LogP contribution in [0.1, 0.15) is 38.2 Å². The van der Waals surface area contributed by atoms with Crippen LogP contribution in [-0.4, -0.2) is 22.2 Å². The molecular formula is C12H18N4O2S. The third-order valence-electron chi connectivity index (χ3n) is 3.37. The molecule has 2 heterocycles. The highest BCUT2D eigenvalue weighted by Gasteiger charge is 2.34. The van der Waals surface area contributed by atoms with Gasteiger partial charge in [-0.15, -0.1) is 0 Å². The van der Waals surface area contributed by atoms with E-state index in [1.54, 1.807) is 7.11 Å². The first-order chi connectivity index (χ1) is 9.06. The van der Waals surface area contributed by atoms with E-state index in [0.29, 0.717) is 16.8 Å². The largest absolute Gasteiger partial charge is 0.375 e. The number of hydrogen-bond acceptors (Lipinski definition) is 7. The lowest BCUT2D eigenvalue weighted by atomic mass is 9.96. The number of aryl methyl sites for hydroxylation is 1. The second-order valence-electron chi connectivity index (χ2n) is 4.30. The van der Waals surface area contributed by atoms with Gasteiger partial charge in [0.05, 0.1) is 5.69 Å². The molecule has 0 atom stereocenters. The Morgan fingerprint density at radius 3 is 2.47 bits per heavy atom. The molecule has 104 valence electrons. The van der Waals surface area contributed by atoms with Crippen molar-refractivity contribution in [3.8, 4) is 10.8 Å². The molecule has 2 rings (SSSR count). The molecule has 0 amide bonds. The number of anilines is 1. The lowest BCUT2D eigenvalue weighted by molar-refractivity contribution is -0.0306. The Balaban J connectivity index is 2.41. The highest BCUT2D eigenvalue weighted by atomic mass is 32.1. The van der Waals surface area contributed by atoms with Crippen LogP contribution in [0.4, 0.5) is 5.13 Å². The molecule has 0 saturated carbocycles. The van der Waals surface area contributed by atoms with Gasteiger partial charge in [-0.3, -0.25) is 0 Å². The fraction of sp³-hybridized carbons (Fsp3) is 0.583. The SMILES string of the molecule is CCC(CC)(OC)c1noc(-c2sc(N)nc2C)n1. The Kier molecular flexibility index (Phi) is 3.86. The molecule has 0 bridgehead atoms. The molecule has 19 heavy (non-hydrogen) atoms. The third-order valence-corrected chi connectivity index (χ3v) is 4.35. The Hall–Kier alpha value is -1.47. The molecule has 0 spiro atoms. The number of aromatic nitrogens is 3. The van der Waals surface area contributed by atoms with Crippen LogP contribution in [0.15, 0.2) is 4.52 Å². The summed E-state index contributed by atoms with van der Waals surface area (Å²) in [4.78, 5) is 9.42. The second kappa shape index (κ2) is 5.26. The van der Waals surface area contributed by atoms with Gasteiger partial charge >= 0.3 is 0 Å². The van der Waals surface area contributed by atoms with Crippen molar-refractivity contribution in [2.75, 3.05) is 12.8 Å². The van der Waals surface area contributed by atoms with Crippen molar-refractivity contribution in [1.82, 2.24) is 15.1 Å². The molecule has 0 aliphatic rings. The number of rotatable bonds is 5. The van der Waals surface area contributed by atoms with Gasteiger partial charge in [-0.05, 0) is 19.8 Å². The smallest absolute Gasteiger partial charge is 0.270 e. The van der Waals surface area contributed by atoms with Crippen LogP contribution >= 0.6 is 11.3 Å². The van der Waals surface area contributed by atoms with Gasteiger partial charge in [0.25, 0.3) is 5.89 Å². The molecule has 0 aromatic carbocycles. The second-order valence-corrected chi connectivity index (χ2v) is 5.33. The van der Waals surface area contributed by atoms with Gasteiger partial charge in [0, 0.05) is 7.11 Å². The number of nitrogens with two attached hydrogens (primary N) is 1. The predicted molar refractivity (Wildman–Crippen MR) is 73.8 cm³/mol. The summed E-state index contributed by atoms with van der Waals surface area (Å²) in [7, 11) is 1.67. The van der Waals surface area contributed by atoms with E-state index in [1.807, 2.05) is 20.8 Å². The summed E-state index contributed by atoms with van der Waals surface area (Å²) in [5.74, 6) is 1.02. The van der Waals surface area contributed by atoms with Crippen LogP contribution in [0.5, 0.6) is 0 Å². The molecule has 2 N–H and O–H groups in total. The molecule has 7 heteroatoms. The van der Waals surface area contributed by atoms with Crippen LogP contribution < -0.4 is 5.73 Å². The average molecular weight is 282 g/mol. The summed E-state index contributed by atoms with van der Waals surface area (Å²) in [5.41, 5.74) is 5.99. The summed E-state index contributed by atoms with van der Waals surface area (Å²) >= 11 is 1.34. The Labute approximate surface area is 116 Å². The van der Waals surface area contributed by atoms with Gasteiger partial charge in [0.15, 0.2) is 5.13 Å². The summed E-state index contributed by atoms with van der Waals surface area (Å²) in [6.07, 6.45) is 1.56. The standard InChI is InChI=1S/C12H18N4O2S/c1-5-12(6-2,17-4)10-15-9(18-16-10)8-7(3)14-11(13)19-8/h5-6H2,1-4H3,(H2,13,14). The van der Waals surface area contributed by atoms with Crippen molar-refractivity contribution in [2.45, 2.75) is 39.2 Å². The minimum Gasteiger partial charge on any atom is -0.375 e. The molecular weight excluding hydrogens is 264 g/mol. The topological polar surface area (TPSA) is 87.1 Å². The number of methoxy groups -OCH3 is 1. The van der Waals surface area contributed by atoms with Crippen LogP contribution in [0, 0.1) is 6.92 Å². The maximum atomic E-state index is 5.68. The highest BCUT2D eigenvalue weighted by Crippen LogP contribution is 2.34. The maximum absolute atomic E-state index is 5.68. The lowest BCUT2D eigenvalue weighted by Crippen LogP contribution is -2.28. The van der Waals surface area contributed by atoms with Gasteiger partial charge in [0.2, 0.25) is 5.82 Å². The van der Waals surface area contributed by atoms with Crippen LogP contribution in [0.2, 0.25) is 0 Å². The van der Waals surface area contributed by atoms with Crippen molar-refractivity contribution in [2.24, 2.45) is 0 Å². The summed E-state index contributed by atoms with van der Waals surface area (Å²) in [6.45, 7) is 5.95. The van der Waals surface area contributed by atoms with Gasteiger partial charge in [-0.1, -0.05) is 30.3 Å². The number of ether oxygens (including phenoxy) is 1. The number of hydrogen-bond donors (Lipinski definition) is 1. The van der Waals surface area contributed by atoms with Crippen molar-refractivity contribution in [1.29, 1.82) is 0 Å². The van der Waals surface area contributed by atoms with Gasteiger partial charge in [-0.2, -0.15) is 4.98 Å². The molecule has 2 aromatic heterocycles. The first-order valence-electron chi connectivity index (χ1n) is 6.19. The monoisotopic (exact) mass is 282 g/mol. The average Bonchev–Trinajstić information content (AvgIpc) is 2.99. The number of nitrogen functional groups attached to an aromatic ring is 1. The molecule has 2 aromatic rings. The first kappa shape index (κ1) is 14.0. The number of thiazole rings is 1. The van der Waals surface area contributed by atoms with Crippen molar-refractivity contribution in [3.05, 3.63) is 11.5 Å². The summed E-state index contributed by atoms with van der Waals surface area (Å²) < 4.78 is 10.9. The Morgan fingerprint density at radius 2 is 2.00 bits per heavy atom.